The minimum atomic E-state index is -0.103. The first kappa shape index (κ1) is 16.4. The Bertz CT molecular complexity index is 602. The molecule has 1 aliphatic rings. The molecule has 0 amide bonds. The van der Waals surface area contributed by atoms with E-state index in [0.29, 0.717) is 11.5 Å². The Balaban J connectivity index is 2.21. The molecule has 3 rings (SSSR count). The van der Waals surface area contributed by atoms with Crippen molar-refractivity contribution in [3.8, 4) is 11.5 Å². The second-order valence-corrected chi connectivity index (χ2v) is 11.7. The molecule has 0 saturated heterocycles. The maximum absolute atomic E-state index is 9.64. The highest BCUT2D eigenvalue weighted by atomic mass is 127. The summed E-state index contributed by atoms with van der Waals surface area (Å²) in [6.07, 6.45) is 4.66. The van der Waals surface area contributed by atoms with Crippen LogP contribution in [0, 0.1) is 0 Å². The van der Waals surface area contributed by atoms with Gasteiger partial charge in [-0.1, -0.05) is 82.3 Å². The summed E-state index contributed by atoms with van der Waals surface area (Å²) in [5.74, 6) is 0.598. The monoisotopic (exact) mass is 520 g/mol. The van der Waals surface area contributed by atoms with Gasteiger partial charge in [-0.3, -0.25) is 0 Å². The maximum atomic E-state index is 9.64. The van der Waals surface area contributed by atoms with Crippen LogP contribution < -0.4 is 0 Å². The Morgan fingerprint density at radius 2 is 1.09 bits per heavy atom. The zero-order valence-electron chi connectivity index (χ0n) is 12.1. The number of alkyl halides is 2. The summed E-state index contributed by atoms with van der Waals surface area (Å²) in [7, 11) is 0. The highest BCUT2D eigenvalue weighted by molar-refractivity contribution is 14.2. The first-order valence-corrected chi connectivity index (χ1v) is 9.58. The molecular formula is C18H18I2O2. The lowest BCUT2D eigenvalue weighted by Crippen LogP contribution is -2.46. The van der Waals surface area contributed by atoms with E-state index >= 15 is 0 Å². The van der Waals surface area contributed by atoms with Crippen molar-refractivity contribution in [1.29, 1.82) is 0 Å². The standard InChI is InChI=1S/C18H18I2O2/c19-18(20)12-2-1-11-17(18,13-3-7-15(21)8-4-13)14-5-9-16(22)10-6-14/h3-10,21-22H,1-2,11-12H2. The lowest BCUT2D eigenvalue weighted by Gasteiger charge is -2.48. The fourth-order valence-corrected chi connectivity index (χ4v) is 6.05. The Morgan fingerprint density at radius 3 is 1.50 bits per heavy atom. The van der Waals surface area contributed by atoms with Crippen molar-refractivity contribution in [3.63, 3.8) is 0 Å². The van der Waals surface area contributed by atoms with Gasteiger partial charge in [0.25, 0.3) is 0 Å². The number of phenolic OH excluding ortho intramolecular Hbond substituents is 2. The van der Waals surface area contributed by atoms with Crippen molar-refractivity contribution in [1.82, 2.24) is 0 Å². The molecule has 2 aromatic rings. The fraction of sp³-hybridized carbons (Fsp3) is 0.333. The summed E-state index contributed by atoms with van der Waals surface area (Å²) < 4.78 is 0.0642. The van der Waals surface area contributed by atoms with Gasteiger partial charge in [0, 0.05) is 5.41 Å². The van der Waals surface area contributed by atoms with Gasteiger partial charge in [-0.05, 0) is 48.2 Å². The second kappa shape index (κ2) is 6.19. The Morgan fingerprint density at radius 1 is 0.682 bits per heavy atom. The molecule has 0 atom stereocenters. The maximum Gasteiger partial charge on any atom is 0.115 e. The molecule has 1 fully saturated rings. The van der Waals surface area contributed by atoms with Crippen molar-refractivity contribution in [3.05, 3.63) is 59.7 Å². The van der Waals surface area contributed by atoms with Gasteiger partial charge in [0.2, 0.25) is 0 Å². The summed E-state index contributed by atoms with van der Waals surface area (Å²) in [5, 5.41) is 19.3. The highest BCUT2D eigenvalue weighted by Crippen LogP contribution is 2.59. The molecule has 0 heterocycles. The summed E-state index contributed by atoms with van der Waals surface area (Å²) in [5.41, 5.74) is 2.37. The molecule has 0 spiro atoms. The quantitative estimate of drug-likeness (QED) is 0.405. The fourth-order valence-electron chi connectivity index (χ4n) is 3.50. The lowest BCUT2D eigenvalue weighted by atomic mass is 9.65. The summed E-state index contributed by atoms with van der Waals surface area (Å²) in [6, 6.07) is 15.3. The van der Waals surface area contributed by atoms with Gasteiger partial charge in [0.05, 0.1) is 1.43 Å². The molecule has 0 radical (unpaired) electrons. The van der Waals surface area contributed by atoms with Crippen molar-refractivity contribution in [2.75, 3.05) is 0 Å². The molecular weight excluding hydrogens is 502 g/mol. The Kier molecular flexibility index (Phi) is 4.60. The molecule has 2 N–H and O–H groups in total. The number of aromatic hydroxyl groups is 2. The van der Waals surface area contributed by atoms with Crippen LogP contribution in [-0.2, 0) is 5.41 Å². The third kappa shape index (κ3) is 2.72. The first-order valence-electron chi connectivity index (χ1n) is 7.43. The van der Waals surface area contributed by atoms with Crippen LogP contribution in [0.15, 0.2) is 48.5 Å². The first-order chi connectivity index (χ1) is 10.5. The van der Waals surface area contributed by atoms with Crippen molar-refractivity contribution in [2.45, 2.75) is 32.5 Å². The minimum absolute atomic E-state index is 0.0642. The van der Waals surface area contributed by atoms with Gasteiger partial charge in [0.15, 0.2) is 0 Å². The van der Waals surface area contributed by atoms with E-state index in [9.17, 15) is 10.2 Å². The van der Waals surface area contributed by atoms with Gasteiger partial charge in [-0.2, -0.15) is 0 Å². The van der Waals surface area contributed by atoms with Crippen molar-refractivity contribution in [2.24, 2.45) is 0 Å². The van der Waals surface area contributed by atoms with Crippen LogP contribution in [0.3, 0.4) is 0 Å². The van der Waals surface area contributed by atoms with Crippen LogP contribution in [0.2, 0.25) is 0 Å². The SMILES string of the molecule is Oc1ccc(C2(c3ccc(O)cc3)CCCCC2(I)I)cc1. The van der Waals surface area contributed by atoms with E-state index in [1.54, 1.807) is 24.3 Å². The normalized spacial score (nSPS) is 19.7. The van der Waals surface area contributed by atoms with E-state index in [0.717, 1.165) is 12.8 Å². The molecule has 2 aromatic carbocycles. The molecule has 0 aromatic heterocycles. The number of phenols is 2. The average Bonchev–Trinajstić information content (AvgIpc) is 2.49. The van der Waals surface area contributed by atoms with E-state index in [1.807, 2.05) is 24.3 Å². The molecule has 22 heavy (non-hydrogen) atoms. The minimum Gasteiger partial charge on any atom is -0.508 e. The molecule has 1 saturated carbocycles. The Hall–Kier alpha value is -0.500. The van der Waals surface area contributed by atoms with Crippen LogP contribution in [-0.4, -0.2) is 11.6 Å². The highest BCUT2D eigenvalue weighted by Gasteiger charge is 2.51. The predicted molar refractivity (Wildman–Crippen MR) is 106 cm³/mol. The van der Waals surface area contributed by atoms with E-state index < -0.39 is 0 Å². The molecule has 0 bridgehead atoms. The number of halogens is 2. The molecule has 2 nitrogen and oxygen atoms in total. The van der Waals surface area contributed by atoms with E-state index in [4.69, 9.17) is 0 Å². The van der Waals surface area contributed by atoms with Crippen LogP contribution in [0.25, 0.3) is 0 Å². The topological polar surface area (TPSA) is 40.5 Å². The molecule has 1 aliphatic carbocycles. The number of benzene rings is 2. The summed E-state index contributed by atoms with van der Waals surface area (Å²) in [4.78, 5) is 0. The van der Waals surface area contributed by atoms with Crippen molar-refractivity contribution < 1.29 is 10.2 Å². The second-order valence-electron chi connectivity index (χ2n) is 5.91. The van der Waals surface area contributed by atoms with Crippen LogP contribution in [0.4, 0.5) is 0 Å². The zero-order valence-corrected chi connectivity index (χ0v) is 16.4. The van der Waals surface area contributed by atoms with Gasteiger partial charge >= 0.3 is 0 Å². The van der Waals surface area contributed by atoms with Crippen LogP contribution >= 0.6 is 45.2 Å². The third-order valence-electron chi connectivity index (χ3n) is 4.64. The largest absolute Gasteiger partial charge is 0.508 e. The predicted octanol–water partition coefficient (Wildman–Crippen LogP) is 5.52. The van der Waals surface area contributed by atoms with Gasteiger partial charge in [0.1, 0.15) is 11.5 Å². The van der Waals surface area contributed by atoms with E-state index in [1.165, 1.54) is 24.0 Å². The summed E-state index contributed by atoms with van der Waals surface area (Å²) >= 11 is 5.18. The number of hydrogen-bond donors (Lipinski definition) is 2. The molecule has 0 unspecified atom stereocenters. The number of hydrogen-bond acceptors (Lipinski definition) is 2. The third-order valence-corrected chi connectivity index (χ3v) is 7.56. The van der Waals surface area contributed by atoms with E-state index in [-0.39, 0.29) is 6.84 Å². The van der Waals surface area contributed by atoms with Gasteiger partial charge < -0.3 is 10.2 Å². The number of rotatable bonds is 2. The lowest BCUT2D eigenvalue weighted by molar-refractivity contribution is 0.357. The van der Waals surface area contributed by atoms with Crippen LogP contribution in [0.5, 0.6) is 11.5 Å². The van der Waals surface area contributed by atoms with Gasteiger partial charge in [-0.15, -0.1) is 0 Å². The van der Waals surface area contributed by atoms with E-state index in [2.05, 4.69) is 45.2 Å². The van der Waals surface area contributed by atoms with Gasteiger partial charge in [-0.25, -0.2) is 0 Å². The smallest absolute Gasteiger partial charge is 0.115 e. The van der Waals surface area contributed by atoms with Crippen LogP contribution in [0.1, 0.15) is 36.8 Å². The Labute approximate surface area is 158 Å². The average molecular weight is 520 g/mol. The van der Waals surface area contributed by atoms with Crippen molar-refractivity contribution >= 4 is 45.2 Å². The molecule has 0 aliphatic heterocycles. The molecule has 116 valence electrons. The summed E-state index contributed by atoms with van der Waals surface area (Å²) in [6.45, 7) is 0. The molecule has 4 heteroatoms. The zero-order chi connectivity index (χ0) is 15.8.